The first-order valence-corrected chi connectivity index (χ1v) is 10.7. The molecule has 1 aromatic carbocycles. The Hall–Kier alpha value is -4.01. The molecule has 2 heterocycles. The number of anilines is 1. The van der Waals surface area contributed by atoms with E-state index >= 15 is 0 Å². The average Bonchev–Trinajstić information content (AvgIpc) is 2.75. The molecule has 0 aliphatic rings. The smallest absolute Gasteiger partial charge is 0.414 e. The Morgan fingerprint density at radius 3 is 2.29 bits per heavy atom. The van der Waals surface area contributed by atoms with E-state index in [9.17, 15) is 14.4 Å². The highest BCUT2D eigenvalue weighted by molar-refractivity contribution is 6.12. The third-order valence-corrected chi connectivity index (χ3v) is 4.77. The fourth-order valence-corrected chi connectivity index (χ4v) is 3.35. The van der Waals surface area contributed by atoms with Gasteiger partial charge in [0, 0.05) is 32.2 Å². The number of hydrogen-bond donors (Lipinski definition) is 0. The number of carbonyl (C=O) groups excluding carboxylic acids is 2. The molecular formula is C25H29N5O4. The summed E-state index contributed by atoms with van der Waals surface area (Å²) in [5.41, 5.74) is -0.0524. The lowest BCUT2D eigenvalue weighted by Gasteiger charge is -2.27. The van der Waals surface area contributed by atoms with E-state index in [2.05, 4.69) is 9.98 Å². The maximum atomic E-state index is 13.8. The second-order valence-corrected chi connectivity index (χ2v) is 9.08. The minimum Gasteiger partial charge on any atom is -0.443 e. The minimum atomic E-state index is -0.781. The minimum absolute atomic E-state index is 0.0924. The molecule has 178 valence electrons. The van der Waals surface area contributed by atoms with Crippen LogP contribution in [-0.4, -0.2) is 59.5 Å². The zero-order valence-corrected chi connectivity index (χ0v) is 20.5. The molecule has 34 heavy (non-hydrogen) atoms. The van der Waals surface area contributed by atoms with Gasteiger partial charge in [-0.3, -0.25) is 19.1 Å². The molecule has 0 atom stereocenters. The number of hydrogen-bond acceptors (Lipinski definition) is 5. The molecule has 0 saturated heterocycles. The standard InChI is InChI=1S/C25H29N5O4/c1-16-13-14-18-20(29(7)24(33)34-25(2,3)4)19(22(31)26-15-28(5)6)23(32)30(21(18)27-16)17-11-9-8-10-12-17/h8-15H,1-7H3. The third-order valence-electron chi connectivity index (χ3n) is 4.77. The molecule has 0 radical (unpaired) electrons. The fourth-order valence-electron chi connectivity index (χ4n) is 3.35. The van der Waals surface area contributed by atoms with Gasteiger partial charge in [0.2, 0.25) is 0 Å². The summed E-state index contributed by atoms with van der Waals surface area (Å²) in [7, 11) is 4.88. The number of benzene rings is 1. The van der Waals surface area contributed by atoms with E-state index in [0.29, 0.717) is 22.4 Å². The molecule has 0 spiro atoms. The molecule has 0 fully saturated rings. The molecule has 0 N–H and O–H groups in total. The molecular weight excluding hydrogens is 434 g/mol. The zero-order valence-electron chi connectivity index (χ0n) is 20.5. The van der Waals surface area contributed by atoms with Gasteiger partial charge in [0.15, 0.2) is 0 Å². The molecule has 2 amide bonds. The highest BCUT2D eigenvalue weighted by atomic mass is 16.6. The summed E-state index contributed by atoms with van der Waals surface area (Å²) in [6, 6.07) is 12.4. The van der Waals surface area contributed by atoms with Crippen molar-refractivity contribution in [1.29, 1.82) is 0 Å². The highest BCUT2D eigenvalue weighted by Crippen LogP contribution is 2.30. The molecule has 3 aromatic rings. The molecule has 9 heteroatoms. The molecule has 2 aromatic heterocycles. The van der Waals surface area contributed by atoms with Crippen molar-refractivity contribution in [3.05, 3.63) is 64.1 Å². The quantitative estimate of drug-likeness (QED) is 0.431. The zero-order chi connectivity index (χ0) is 25.2. The summed E-state index contributed by atoms with van der Waals surface area (Å²) in [4.78, 5) is 51.4. The number of aryl methyl sites for hydroxylation is 1. The van der Waals surface area contributed by atoms with E-state index in [-0.39, 0.29) is 11.3 Å². The number of aliphatic imine (C=N–C) groups is 1. The van der Waals surface area contributed by atoms with Crippen molar-refractivity contribution < 1.29 is 14.3 Å². The van der Waals surface area contributed by atoms with Crippen LogP contribution in [0.4, 0.5) is 10.5 Å². The summed E-state index contributed by atoms with van der Waals surface area (Å²) >= 11 is 0. The molecule has 0 unspecified atom stereocenters. The number of ether oxygens (including phenoxy) is 1. The van der Waals surface area contributed by atoms with Gasteiger partial charge in [-0.25, -0.2) is 9.78 Å². The number of rotatable bonds is 4. The normalized spacial score (nSPS) is 11.6. The second kappa shape index (κ2) is 9.46. The van der Waals surface area contributed by atoms with Crippen LogP contribution in [0, 0.1) is 6.92 Å². The van der Waals surface area contributed by atoms with Gasteiger partial charge in [0.05, 0.1) is 17.7 Å². The van der Waals surface area contributed by atoms with Crippen LogP contribution in [0.3, 0.4) is 0 Å². The molecule has 0 saturated carbocycles. The van der Waals surface area contributed by atoms with Gasteiger partial charge in [0.1, 0.15) is 16.8 Å². The van der Waals surface area contributed by atoms with Crippen LogP contribution in [0.15, 0.2) is 52.3 Å². The summed E-state index contributed by atoms with van der Waals surface area (Å²) in [5.74, 6) is -0.781. The van der Waals surface area contributed by atoms with Crippen LogP contribution in [0.2, 0.25) is 0 Å². The summed E-state index contributed by atoms with van der Waals surface area (Å²) in [6.45, 7) is 7.02. The lowest BCUT2D eigenvalue weighted by molar-refractivity contribution is 0.0589. The summed E-state index contributed by atoms with van der Waals surface area (Å²) in [6.07, 6.45) is 0.598. The van der Waals surface area contributed by atoms with Gasteiger partial charge >= 0.3 is 6.09 Å². The average molecular weight is 464 g/mol. The number of aromatic nitrogens is 2. The predicted molar refractivity (Wildman–Crippen MR) is 133 cm³/mol. The van der Waals surface area contributed by atoms with Crippen molar-refractivity contribution in [3.8, 4) is 5.69 Å². The van der Waals surface area contributed by atoms with Gasteiger partial charge in [0.25, 0.3) is 11.5 Å². The lowest BCUT2D eigenvalue weighted by Crippen LogP contribution is -2.37. The fraction of sp³-hybridized carbons (Fsp3) is 0.320. The number of fused-ring (bicyclic) bond motifs is 1. The van der Waals surface area contributed by atoms with Crippen molar-refractivity contribution in [2.24, 2.45) is 4.99 Å². The molecule has 0 bridgehead atoms. The van der Waals surface area contributed by atoms with Gasteiger partial charge < -0.3 is 9.64 Å². The van der Waals surface area contributed by atoms with Gasteiger partial charge in [-0.15, -0.1) is 0 Å². The third kappa shape index (κ3) is 5.14. The van der Waals surface area contributed by atoms with Crippen LogP contribution < -0.4 is 10.5 Å². The Balaban J connectivity index is 2.44. The van der Waals surface area contributed by atoms with Gasteiger partial charge in [-0.1, -0.05) is 18.2 Å². The van der Waals surface area contributed by atoms with Crippen molar-refractivity contribution >= 4 is 35.1 Å². The molecule has 9 nitrogen and oxygen atoms in total. The number of carbonyl (C=O) groups is 2. The van der Waals surface area contributed by atoms with E-state index in [1.807, 2.05) is 6.07 Å². The van der Waals surface area contributed by atoms with E-state index < -0.39 is 23.2 Å². The SMILES string of the molecule is Cc1ccc2c(N(C)C(=O)OC(C)(C)C)c(C(=O)N=CN(C)C)c(=O)n(-c3ccccc3)c2n1. The highest BCUT2D eigenvalue weighted by Gasteiger charge is 2.30. The van der Waals surface area contributed by atoms with E-state index in [1.165, 1.54) is 22.9 Å². The monoisotopic (exact) mass is 463 g/mol. The van der Waals surface area contributed by atoms with Gasteiger partial charge in [-0.2, -0.15) is 4.99 Å². The van der Waals surface area contributed by atoms with Crippen LogP contribution >= 0.6 is 0 Å². The number of pyridine rings is 2. The maximum Gasteiger partial charge on any atom is 0.414 e. The maximum absolute atomic E-state index is 13.8. The van der Waals surface area contributed by atoms with E-state index in [0.717, 1.165) is 0 Å². The Bertz CT molecular complexity index is 1320. The Morgan fingerprint density at radius 2 is 1.71 bits per heavy atom. The lowest BCUT2D eigenvalue weighted by atomic mass is 10.1. The summed E-state index contributed by atoms with van der Waals surface area (Å²) < 4.78 is 6.88. The Labute approximate surface area is 198 Å². The first-order chi connectivity index (χ1) is 15.9. The van der Waals surface area contributed by atoms with Crippen molar-refractivity contribution in [1.82, 2.24) is 14.5 Å². The van der Waals surface area contributed by atoms with Crippen molar-refractivity contribution in [2.75, 3.05) is 26.0 Å². The molecule has 3 rings (SSSR count). The van der Waals surface area contributed by atoms with E-state index in [1.54, 1.807) is 83.1 Å². The second-order valence-electron chi connectivity index (χ2n) is 9.08. The topological polar surface area (TPSA) is 97.1 Å². The number of amides is 2. The van der Waals surface area contributed by atoms with Crippen LogP contribution in [-0.2, 0) is 4.74 Å². The van der Waals surface area contributed by atoms with Crippen molar-refractivity contribution in [2.45, 2.75) is 33.3 Å². The Kier molecular flexibility index (Phi) is 6.85. The molecule has 0 aliphatic heterocycles. The van der Waals surface area contributed by atoms with Crippen LogP contribution in [0.1, 0.15) is 36.8 Å². The number of para-hydroxylation sites is 1. The summed E-state index contributed by atoms with van der Waals surface area (Å²) in [5, 5.41) is 0.436. The first-order valence-electron chi connectivity index (χ1n) is 10.7. The van der Waals surface area contributed by atoms with Crippen LogP contribution in [0.5, 0.6) is 0 Å². The molecule has 0 aliphatic carbocycles. The Morgan fingerprint density at radius 1 is 1.06 bits per heavy atom. The van der Waals surface area contributed by atoms with Crippen molar-refractivity contribution in [3.63, 3.8) is 0 Å². The predicted octanol–water partition coefficient (Wildman–Crippen LogP) is 3.80. The first kappa shape index (κ1) is 24.6. The number of nitrogens with zero attached hydrogens (tertiary/aromatic N) is 5. The van der Waals surface area contributed by atoms with E-state index in [4.69, 9.17) is 4.74 Å². The largest absolute Gasteiger partial charge is 0.443 e. The van der Waals surface area contributed by atoms with Crippen LogP contribution in [0.25, 0.3) is 16.7 Å². The van der Waals surface area contributed by atoms with Gasteiger partial charge in [-0.05, 0) is 52.0 Å².